The Kier molecular flexibility index (Phi) is 7.24. The highest BCUT2D eigenvalue weighted by atomic mass is 16.2. The summed E-state index contributed by atoms with van der Waals surface area (Å²) in [6, 6.07) is 17.8. The van der Waals surface area contributed by atoms with Gasteiger partial charge in [0.2, 0.25) is 0 Å². The normalized spacial score (nSPS) is 12.7. The number of nitrogens with zero attached hydrogens (tertiary/aromatic N) is 1. The van der Waals surface area contributed by atoms with E-state index in [1.165, 1.54) is 23.1 Å². The van der Waals surface area contributed by atoms with Crippen LogP contribution in [0.4, 0.5) is 22.7 Å². The van der Waals surface area contributed by atoms with Crippen LogP contribution in [0, 0.1) is 0 Å². The second-order valence-corrected chi connectivity index (χ2v) is 8.72. The molecular weight excluding hydrogens is 468 g/mol. The van der Waals surface area contributed by atoms with Crippen LogP contribution in [0.3, 0.4) is 0 Å². The Labute approximate surface area is 214 Å². The maximum Gasteiger partial charge on any atom is 0.258 e. The Morgan fingerprint density at radius 2 is 1.24 bits per heavy atom. The lowest BCUT2D eigenvalue weighted by molar-refractivity contribution is 0.0964. The molecule has 0 bridgehead atoms. The third-order valence-corrected chi connectivity index (χ3v) is 5.91. The van der Waals surface area contributed by atoms with Gasteiger partial charge >= 0.3 is 0 Å². The van der Waals surface area contributed by atoms with E-state index in [0.717, 1.165) is 5.70 Å². The van der Waals surface area contributed by atoms with Crippen molar-refractivity contribution in [2.24, 2.45) is 5.73 Å². The molecule has 0 aromatic heterocycles. The van der Waals surface area contributed by atoms with Crippen LogP contribution >= 0.6 is 0 Å². The Hall–Kier alpha value is -5.05. The predicted molar refractivity (Wildman–Crippen MR) is 146 cm³/mol. The zero-order valence-corrected chi connectivity index (χ0v) is 20.3. The molecule has 0 unspecified atom stereocenters. The fraction of sp³-hybridized carbons (Fsp3) is 0.107. The highest BCUT2D eigenvalue weighted by Crippen LogP contribution is 2.21. The number of carbonyl (C=O) groups excluding carboxylic acids is 3. The number of hydrogen-bond acceptors (Lipinski definition) is 6. The molecule has 0 radical (unpaired) electrons. The quantitative estimate of drug-likeness (QED) is 0.328. The fourth-order valence-electron chi connectivity index (χ4n) is 3.77. The van der Waals surface area contributed by atoms with Crippen molar-refractivity contribution in [2.45, 2.75) is 12.8 Å². The van der Waals surface area contributed by atoms with Crippen LogP contribution < -0.4 is 32.7 Å². The summed E-state index contributed by atoms with van der Waals surface area (Å²) in [6.45, 7) is 0. The second kappa shape index (κ2) is 10.7. The standard InChI is InChI=1S/C28H28N6O3/c1-34(25-12-6-22(31)7-13-25)28(37)19-15-17(26(35)32-23-8-2-20(29)3-9-23)14-18(16-19)27(36)33-24-10-4-21(30)5-11-24/h2-4,6-10,12-16H,5,11,29-31H2,1H3,(H,32,35)(H,33,36). The monoisotopic (exact) mass is 496 g/mol. The first-order chi connectivity index (χ1) is 17.7. The van der Waals surface area contributed by atoms with Gasteiger partial charge in [0, 0.05) is 57.9 Å². The number of nitrogens with one attached hydrogen (secondary N) is 2. The zero-order chi connectivity index (χ0) is 26.5. The lowest BCUT2D eigenvalue weighted by Gasteiger charge is -2.19. The number of nitrogens with two attached hydrogens (primary N) is 3. The summed E-state index contributed by atoms with van der Waals surface area (Å²) in [5.74, 6) is -1.31. The van der Waals surface area contributed by atoms with E-state index in [1.54, 1.807) is 67.7 Å². The van der Waals surface area contributed by atoms with Crippen molar-refractivity contribution in [1.82, 2.24) is 5.32 Å². The Balaban J connectivity index is 1.66. The summed E-state index contributed by atoms with van der Waals surface area (Å²) < 4.78 is 0. The van der Waals surface area contributed by atoms with E-state index in [-0.39, 0.29) is 16.7 Å². The molecule has 3 aromatic carbocycles. The van der Waals surface area contributed by atoms with Crippen LogP contribution in [0.2, 0.25) is 0 Å². The molecule has 188 valence electrons. The summed E-state index contributed by atoms with van der Waals surface area (Å²) in [4.78, 5) is 41.0. The molecule has 0 saturated carbocycles. The van der Waals surface area contributed by atoms with E-state index in [4.69, 9.17) is 17.2 Å². The molecule has 8 N–H and O–H groups in total. The van der Waals surface area contributed by atoms with Gasteiger partial charge in [-0.05, 0) is 91.7 Å². The molecule has 1 aliphatic carbocycles. The zero-order valence-electron chi connectivity index (χ0n) is 20.3. The summed E-state index contributed by atoms with van der Waals surface area (Å²) in [5.41, 5.74) is 21.5. The largest absolute Gasteiger partial charge is 0.402 e. The number of amides is 3. The van der Waals surface area contributed by atoms with E-state index in [1.807, 2.05) is 0 Å². The van der Waals surface area contributed by atoms with Crippen molar-refractivity contribution < 1.29 is 14.4 Å². The van der Waals surface area contributed by atoms with Gasteiger partial charge in [-0.1, -0.05) is 0 Å². The van der Waals surface area contributed by atoms with Crippen molar-refractivity contribution in [3.05, 3.63) is 107 Å². The highest BCUT2D eigenvalue weighted by molar-refractivity contribution is 6.11. The first-order valence-corrected chi connectivity index (χ1v) is 11.6. The average Bonchev–Trinajstić information content (AvgIpc) is 2.90. The maximum absolute atomic E-state index is 13.4. The lowest BCUT2D eigenvalue weighted by atomic mass is 10.0. The molecule has 0 saturated heterocycles. The van der Waals surface area contributed by atoms with Gasteiger partial charge in [-0.2, -0.15) is 0 Å². The molecule has 0 aliphatic heterocycles. The minimum Gasteiger partial charge on any atom is -0.402 e. The Morgan fingerprint density at radius 1 is 0.703 bits per heavy atom. The fourth-order valence-corrected chi connectivity index (χ4v) is 3.77. The van der Waals surface area contributed by atoms with E-state index in [9.17, 15) is 14.4 Å². The number of carbonyl (C=O) groups is 3. The molecule has 0 atom stereocenters. The van der Waals surface area contributed by atoms with Crippen LogP contribution in [0.5, 0.6) is 0 Å². The smallest absolute Gasteiger partial charge is 0.258 e. The Bertz CT molecular complexity index is 1410. The minimum atomic E-state index is -0.476. The molecular formula is C28H28N6O3. The summed E-state index contributed by atoms with van der Waals surface area (Å²) in [6.07, 6.45) is 4.70. The van der Waals surface area contributed by atoms with E-state index >= 15 is 0 Å². The maximum atomic E-state index is 13.4. The third kappa shape index (κ3) is 6.15. The molecule has 9 heteroatoms. The van der Waals surface area contributed by atoms with Crippen LogP contribution in [-0.2, 0) is 0 Å². The van der Waals surface area contributed by atoms with Crippen LogP contribution in [0.1, 0.15) is 43.9 Å². The van der Waals surface area contributed by atoms with Crippen LogP contribution in [0.15, 0.2) is 90.3 Å². The number of hydrogen-bond donors (Lipinski definition) is 5. The molecule has 4 rings (SSSR count). The van der Waals surface area contributed by atoms with Gasteiger partial charge in [0.15, 0.2) is 0 Å². The first-order valence-electron chi connectivity index (χ1n) is 11.6. The SMILES string of the molecule is CN(C(=O)c1cc(C(=O)NC2=CC=C(N)CC2)cc(C(=O)Nc2ccc(N)cc2)c1)c1ccc(N)cc1. The number of rotatable bonds is 6. The molecule has 9 nitrogen and oxygen atoms in total. The lowest BCUT2D eigenvalue weighted by Crippen LogP contribution is -2.28. The highest BCUT2D eigenvalue weighted by Gasteiger charge is 2.20. The van der Waals surface area contributed by atoms with Crippen molar-refractivity contribution >= 4 is 40.5 Å². The van der Waals surface area contributed by atoms with Gasteiger partial charge in [-0.3, -0.25) is 14.4 Å². The van der Waals surface area contributed by atoms with Gasteiger partial charge < -0.3 is 32.7 Å². The van der Waals surface area contributed by atoms with Gasteiger partial charge in [0.25, 0.3) is 17.7 Å². The predicted octanol–water partition coefficient (Wildman–Crippen LogP) is 3.63. The molecule has 0 fully saturated rings. The van der Waals surface area contributed by atoms with Crippen molar-refractivity contribution in [2.75, 3.05) is 28.7 Å². The van der Waals surface area contributed by atoms with Crippen molar-refractivity contribution in [1.29, 1.82) is 0 Å². The molecule has 0 spiro atoms. The van der Waals surface area contributed by atoms with Crippen LogP contribution in [0.25, 0.3) is 0 Å². The van der Waals surface area contributed by atoms with Crippen molar-refractivity contribution in [3.8, 4) is 0 Å². The molecule has 37 heavy (non-hydrogen) atoms. The van der Waals surface area contributed by atoms with Gasteiger partial charge in [-0.15, -0.1) is 0 Å². The van der Waals surface area contributed by atoms with E-state index < -0.39 is 17.7 Å². The summed E-state index contributed by atoms with van der Waals surface area (Å²) >= 11 is 0. The van der Waals surface area contributed by atoms with E-state index in [2.05, 4.69) is 10.6 Å². The average molecular weight is 497 g/mol. The number of nitrogen functional groups attached to an aromatic ring is 2. The van der Waals surface area contributed by atoms with Crippen LogP contribution in [-0.4, -0.2) is 24.8 Å². The van der Waals surface area contributed by atoms with E-state index in [0.29, 0.717) is 41.3 Å². The molecule has 3 aromatic rings. The van der Waals surface area contributed by atoms with Gasteiger partial charge in [0.05, 0.1) is 0 Å². The first kappa shape index (κ1) is 25.1. The second-order valence-electron chi connectivity index (χ2n) is 8.72. The number of anilines is 4. The van der Waals surface area contributed by atoms with Gasteiger partial charge in [-0.25, -0.2) is 0 Å². The Morgan fingerprint density at radius 3 is 1.81 bits per heavy atom. The minimum absolute atomic E-state index is 0.153. The number of benzene rings is 3. The molecule has 3 amide bonds. The van der Waals surface area contributed by atoms with Gasteiger partial charge in [0.1, 0.15) is 0 Å². The third-order valence-electron chi connectivity index (χ3n) is 5.91. The molecule has 1 aliphatic rings. The number of allylic oxidation sites excluding steroid dienone is 4. The summed E-state index contributed by atoms with van der Waals surface area (Å²) in [5, 5.41) is 5.62. The topological polar surface area (TPSA) is 157 Å². The van der Waals surface area contributed by atoms with Crippen molar-refractivity contribution in [3.63, 3.8) is 0 Å². The molecule has 0 heterocycles. The summed E-state index contributed by atoms with van der Waals surface area (Å²) in [7, 11) is 1.61.